The lowest BCUT2D eigenvalue weighted by Crippen LogP contribution is -2.05. The quantitative estimate of drug-likeness (QED) is 0.686. The number of nitro groups is 1. The minimum absolute atomic E-state index is 0.0728. The number of benzene rings is 1. The molecular formula is C12H11ClN4O3. The van der Waals surface area contributed by atoms with E-state index in [0.717, 1.165) is 5.69 Å². The van der Waals surface area contributed by atoms with Crippen molar-refractivity contribution in [3.8, 4) is 5.75 Å². The van der Waals surface area contributed by atoms with Gasteiger partial charge in [-0.15, -0.1) is 0 Å². The Morgan fingerprint density at radius 2 is 2.15 bits per heavy atom. The van der Waals surface area contributed by atoms with E-state index in [-0.39, 0.29) is 17.3 Å². The lowest BCUT2D eigenvalue weighted by atomic mass is 10.3. The van der Waals surface area contributed by atoms with Crippen LogP contribution in [0, 0.1) is 17.0 Å². The molecule has 0 bridgehead atoms. The molecule has 0 amide bonds. The Labute approximate surface area is 119 Å². The first-order valence-corrected chi connectivity index (χ1v) is 6.00. The topological polar surface area (TPSA) is 104 Å². The molecule has 104 valence electrons. The summed E-state index contributed by atoms with van der Waals surface area (Å²) >= 11 is 5.91. The number of rotatable bonds is 4. The number of ether oxygens (including phenoxy) is 1. The molecule has 2 rings (SSSR count). The molecule has 0 unspecified atom stereocenters. The first-order valence-electron chi connectivity index (χ1n) is 5.62. The van der Waals surface area contributed by atoms with E-state index in [2.05, 4.69) is 9.97 Å². The zero-order chi connectivity index (χ0) is 14.7. The summed E-state index contributed by atoms with van der Waals surface area (Å²) in [7, 11) is 0. The highest BCUT2D eigenvalue weighted by Gasteiger charge is 2.11. The highest BCUT2D eigenvalue weighted by molar-refractivity contribution is 6.32. The van der Waals surface area contributed by atoms with Gasteiger partial charge in [0.15, 0.2) is 5.82 Å². The molecule has 2 N–H and O–H groups in total. The maximum absolute atomic E-state index is 10.6. The average molecular weight is 295 g/mol. The number of aromatic nitrogens is 2. The van der Waals surface area contributed by atoms with Gasteiger partial charge in [0.05, 0.1) is 9.95 Å². The number of nitro benzene ring substituents is 1. The number of aryl methyl sites for hydroxylation is 1. The highest BCUT2D eigenvalue weighted by atomic mass is 35.5. The molecule has 0 atom stereocenters. The molecule has 7 nitrogen and oxygen atoms in total. The largest absolute Gasteiger partial charge is 0.484 e. The highest BCUT2D eigenvalue weighted by Crippen LogP contribution is 2.29. The molecule has 1 aromatic heterocycles. The van der Waals surface area contributed by atoms with Gasteiger partial charge in [-0.3, -0.25) is 10.1 Å². The Kier molecular flexibility index (Phi) is 3.99. The van der Waals surface area contributed by atoms with Gasteiger partial charge in [-0.2, -0.15) is 0 Å². The number of halogens is 1. The van der Waals surface area contributed by atoms with E-state index >= 15 is 0 Å². The Morgan fingerprint density at radius 1 is 1.40 bits per heavy atom. The minimum atomic E-state index is -0.528. The molecule has 0 radical (unpaired) electrons. The number of nitrogen functional groups attached to an aromatic ring is 1. The molecule has 0 saturated carbocycles. The van der Waals surface area contributed by atoms with Crippen molar-refractivity contribution < 1.29 is 9.66 Å². The molecule has 0 aliphatic rings. The van der Waals surface area contributed by atoms with Crippen molar-refractivity contribution in [2.24, 2.45) is 0 Å². The second-order valence-electron chi connectivity index (χ2n) is 4.01. The van der Waals surface area contributed by atoms with Gasteiger partial charge in [-0.05, 0) is 13.0 Å². The predicted octanol–water partition coefficient (Wildman–Crippen LogP) is 2.51. The summed E-state index contributed by atoms with van der Waals surface area (Å²) in [6, 6.07) is 5.61. The van der Waals surface area contributed by atoms with Crippen LogP contribution in [-0.2, 0) is 6.61 Å². The fraction of sp³-hybridized carbons (Fsp3) is 0.167. The first-order chi connectivity index (χ1) is 9.45. The maximum Gasteiger partial charge on any atom is 0.271 e. The summed E-state index contributed by atoms with van der Waals surface area (Å²) < 4.78 is 5.43. The lowest BCUT2D eigenvalue weighted by Gasteiger charge is -2.07. The predicted molar refractivity (Wildman–Crippen MR) is 73.6 cm³/mol. The molecule has 20 heavy (non-hydrogen) atoms. The number of nitrogens with zero attached hydrogens (tertiary/aromatic N) is 3. The first kappa shape index (κ1) is 14.0. The molecular weight excluding hydrogens is 284 g/mol. The third kappa shape index (κ3) is 3.33. The normalized spacial score (nSPS) is 10.3. The minimum Gasteiger partial charge on any atom is -0.484 e. The van der Waals surface area contributed by atoms with Crippen LogP contribution in [0.3, 0.4) is 0 Å². The van der Waals surface area contributed by atoms with E-state index in [4.69, 9.17) is 22.1 Å². The number of nitrogens with two attached hydrogens (primary N) is 1. The van der Waals surface area contributed by atoms with Crippen molar-refractivity contribution >= 4 is 23.1 Å². The Bertz CT molecular complexity index is 643. The summed E-state index contributed by atoms with van der Waals surface area (Å²) in [6.07, 6.45) is 0. The van der Waals surface area contributed by atoms with E-state index in [0.29, 0.717) is 17.4 Å². The summed E-state index contributed by atoms with van der Waals surface area (Å²) in [5.74, 6) is 1.09. The van der Waals surface area contributed by atoms with Crippen LogP contribution in [-0.4, -0.2) is 14.9 Å². The van der Waals surface area contributed by atoms with Crippen LogP contribution in [0.2, 0.25) is 5.02 Å². The molecule has 0 aliphatic carbocycles. The van der Waals surface area contributed by atoms with E-state index in [1.807, 2.05) is 0 Å². The van der Waals surface area contributed by atoms with Gasteiger partial charge >= 0.3 is 0 Å². The van der Waals surface area contributed by atoms with Gasteiger partial charge < -0.3 is 10.5 Å². The van der Waals surface area contributed by atoms with Gasteiger partial charge in [-0.1, -0.05) is 11.6 Å². The van der Waals surface area contributed by atoms with Crippen LogP contribution in [0.5, 0.6) is 5.75 Å². The monoisotopic (exact) mass is 294 g/mol. The van der Waals surface area contributed by atoms with Crippen LogP contribution in [0.25, 0.3) is 0 Å². The smallest absolute Gasteiger partial charge is 0.271 e. The van der Waals surface area contributed by atoms with Crippen molar-refractivity contribution in [2.45, 2.75) is 13.5 Å². The lowest BCUT2D eigenvalue weighted by molar-refractivity contribution is -0.384. The summed E-state index contributed by atoms with van der Waals surface area (Å²) in [4.78, 5) is 18.2. The van der Waals surface area contributed by atoms with E-state index in [1.54, 1.807) is 13.0 Å². The zero-order valence-corrected chi connectivity index (χ0v) is 11.3. The summed E-state index contributed by atoms with van der Waals surface area (Å²) in [6.45, 7) is 1.86. The number of hydrogen-bond acceptors (Lipinski definition) is 6. The van der Waals surface area contributed by atoms with E-state index in [9.17, 15) is 10.1 Å². The number of non-ortho nitro benzene ring substituents is 1. The van der Waals surface area contributed by atoms with Gasteiger partial charge in [-0.25, -0.2) is 9.97 Å². The Hall–Kier alpha value is -2.41. The van der Waals surface area contributed by atoms with E-state index < -0.39 is 4.92 Å². The molecule has 1 aromatic carbocycles. The third-order valence-electron chi connectivity index (χ3n) is 2.40. The van der Waals surface area contributed by atoms with Gasteiger partial charge in [0, 0.05) is 23.9 Å². The molecule has 1 heterocycles. The SMILES string of the molecule is Cc1cc(N)nc(COc2ccc([N+](=O)[O-])cc2Cl)n1. The zero-order valence-electron chi connectivity index (χ0n) is 10.5. The Balaban J connectivity index is 2.12. The van der Waals surface area contributed by atoms with Crippen LogP contribution >= 0.6 is 11.6 Å². The fourth-order valence-electron chi connectivity index (χ4n) is 1.58. The van der Waals surface area contributed by atoms with Crippen LogP contribution in [0.1, 0.15) is 11.5 Å². The van der Waals surface area contributed by atoms with Crippen molar-refractivity contribution in [3.05, 3.63) is 50.9 Å². The number of hydrogen-bond donors (Lipinski definition) is 1. The van der Waals surface area contributed by atoms with Gasteiger partial charge in [0.2, 0.25) is 0 Å². The molecule has 0 aliphatic heterocycles. The standard InChI is InChI=1S/C12H11ClN4O3/c1-7-4-11(14)16-12(15-7)6-20-10-3-2-8(17(18)19)5-9(10)13/h2-5H,6H2,1H3,(H2,14,15,16). The molecule has 0 spiro atoms. The maximum atomic E-state index is 10.6. The Morgan fingerprint density at radius 3 is 2.75 bits per heavy atom. The molecule has 2 aromatic rings. The average Bonchev–Trinajstić information content (AvgIpc) is 2.36. The van der Waals surface area contributed by atoms with Crippen LogP contribution in [0.4, 0.5) is 11.5 Å². The van der Waals surface area contributed by atoms with Crippen LogP contribution in [0.15, 0.2) is 24.3 Å². The van der Waals surface area contributed by atoms with Gasteiger partial charge in [0.1, 0.15) is 18.2 Å². The fourth-order valence-corrected chi connectivity index (χ4v) is 1.81. The summed E-state index contributed by atoms with van der Waals surface area (Å²) in [5.41, 5.74) is 6.23. The van der Waals surface area contributed by atoms with Crippen molar-refractivity contribution in [1.82, 2.24) is 9.97 Å². The second kappa shape index (κ2) is 5.70. The second-order valence-corrected chi connectivity index (χ2v) is 4.42. The van der Waals surface area contributed by atoms with Crippen molar-refractivity contribution in [3.63, 3.8) is 0 Å². The molecule has 0 saturated heterocycles. The van der Waals surface area contributed by atoms with Gasteiger partial charge in [0.25, 0.3) is 5.69 Å². The van der Waals surface area contributed by atoms with Crippen molar-refractivity contribution in [1.29, 1.82) is 0 Å². The molecule has 0 fully saturated rings. The van der Waals surface area contributed by atoms with Crippen molar-refractivity contribution in [2.75, 3.05) is 5.73 Å². The van der Waals surface area contributed by atoms with E-state index in [1.165, 1.54) is 18.2 Å². The third-order valence-corrected chi connectivity index (χ3v) is 2.70. The molecule has 8 heteroatoms. The van der Waals surface area contributed by atoms with Crippen LogP contribution < -0.4 is 10.5 Å². The number of anilines is 1. The summed E-state index contributed by atoms with van der Waals surface area (Å²) in [5, 5.41) is 10.7.